The van der Waals surface area contributed by atoms with Crippen LogP contribution in [0.15, 0.2) is 41.3 Å². The molecule has 0 radical (unpaired) electrons. The lowest BCUT2D eigenvalue weighted by atomic mass is 9.95. The Balaban J connectivity index is 2.15. The van der Waals surface area contributed by atoms with Crippen LogP contribution in [-0.4, -0.2) is 46.4 Å². The number of aryl methyl sites for hydroxylation is 1. The van der Waals surface area contributed by atoms with Crippen molar-refractivity contribution < 1.29 is 27.4 Å². The molecule has 29 heavy (non-hydrogen) atoms. The van der Waals surface area contributed by atoms with E-state index in [0.717, 1.165) is 5.56 Å². The van der Waals surface area contributed by atoms with Crippen LogP contribution in [0.4, 0.5) is 0 Å². The topological polar surface area (TPSA) is 82.1 Å². The standard InChI is InChI=1S/C21H25NO6S/c1-14-5-8-17(9-6-14)29(24,25)22-13-15(23)7-10-18(22)21-19(27-3)11-16(26-2)12-20(21)28-4/h5-6,8-9,11-12,18H,7,10,13H2,1-4H3/t18-/m0/s1. The molecular formula is C21H25NO6S. The van der Waals surface area contributed by atoms with Gasteiger partial charge in [0.2, 0.25) is 10.0 Å². The van der Waals surface area contributed by atoms with Crippen LogP contribution in [0.3, 0.4) is 0 Å². The minimum atomic E-state index is -3.90. The van der Waals surface area contributed by atoms with Crippen molar-refractivity contribution in [2.45, 2.75) is 30.7 Å². The molecule has 1 heterocycles. The van der Waals surface area contributed by atoms with E-state index in [9.17, 15) is 13.2 Å². The number of ketones is 1. The Morgan fingerprint density at radius 2 is 1.55 bits per heavy atom. The molecule has 0 unspecified atom stereocenters. The van der Waals surface area contributed by atoms with E-state index in [2.05, 4.69) is 0 Å². The average molecular weight is 419 g/mol. The molecule has 1 saturated heterocycles. The summed E-state index contributed by atoms with van der Waals surface area (Å²) in [7, 11) is 0.633. The van der Waals surface area contributed by atoms with Crippen LogP contribution in [0.25, 0.3) is 0 Å². The molecule has 0 aromatic heterocycles. The van der Waals surface area contributed by atoms with Crippen molar-refractivity contribution in [3.8, 4) is 17.2 Å². The van der Waals surface area contributed by atoms with E-state index in [1.807, 2.05) is 6.92 Å². The number of sulfonamides is 1. The van der Waals surface area contributed by atoms with E-state index in [1.165, 1.54) is 25.6 Å². The van der Waals surface area contributed by atoms with Gasteiger partial charge in [-0.3, -0.25) is 4.79 Å². The molecule has 0 aliphatic carbocycles. The second-order valence-electron chi connectivity index (χ2n) is 6.90. The van der Waals surface area contributed by atoms with Crippen LogP contribution in [-0.2, 0) is 14.8 Å². The second-order valence-corrected chi connectivity index (χ2v) is 8.79. The van der Waals surface area contributed by atoms with Crippen LogP contribution < -0.4 is 14.2 Å². The predicted molar refractivity (Wildman–Crippen MR) is 108 cm³/mol. The summed E-state index contributed by atoms with van der Waals surface area (Å²) in [6.07, 6.45) is 0.617. The van der Waals surface area contributed by atoms with E-state index < -0.39 is 16.1 Å². The number of hydrogen-bond acceptors (Lipinski definition) is 6. The van der Waals surface area contributed by atoms with Crippen LogP contribution in [0.1, 0.15) is 30.0 Å². The highest BCUT2D eigenvalue weighted by atomic mass is 32.2. The number of hydrogen-bond donors (Lipinski definition) is 0. The van der Waals surface area contributed by atoms with Crippen molar-refractivity contribution in [1.29, 1.82) is 0 Å². The Morgan fingerprint density at radius 3 is 2.07 bits per heavy atom. The third-order valence-corrected chi connectivity index (χ3v) is 6.96. The van der Waals surface area contributed by atoms with Crippen molar-refractivity contribution in [2.75, 3.05) is 27.9 Å². The minimum absolute atomic E-state index is 0.122. The SMILES string of the molecule is COc1cc(OC)c([C@@H]2CCC(=O)CN2S(=O)(=O)c2ccc(C)cc2)c(OC)c1. The highest BCUT2D eigenvalue weighted by molar-refractivity contribution is 7.89. The second kappa shape index (κ2) is 8.42. The van der Waals surface area contributed by atoms with Crippen LogP contribution >= 0.6 is 0 Å². The van der Waals surface area contributed by atoms with Gasteiger partial charge in [-0.15, -0.1) is 0 Å². The fraction of sp³-hybridized carbons (Fsp3) is 0.381. The Bertz CT molecular complexity index is 975. The van der Waals surface area contributed by atoms with Gasteiger partial charge in [0.1, 0.15) is 23.0 Å². The largest absolute Gasteiger partial charge is 0.496 e. The van der Waals surface area contributed by atoms with Gasteiger partial charge in [0.15, 0.2) is 0 Å². The van der Waals surface area contributed by atoms with Gasteiger partial charge in [0, 0.05) is 18.6 Å². The molecule has 0 saturated carbocycles. The summed E-state index contributed by atoms with van der Waals surface area (Å²) >= 11 is 0. The molecular weight excluding hydrogens is 394 g/mol. The molecule has 0 spiro atoms. The number of carbonyl (C=O) groups is 1. The van der Waals surface area contributed by atoms with Gasteiger partial charge < -0.3 is 14.2 Å². The molecule has 7 nitrogen and oxygen atoms in total. The molecule has 0 bridgehead atoms. The lowest BCUT2D eigenvalue weighted by Gasteiger charge is -2.35. The molecule has 1 fully saturated rings. The first kappa shape index (κ1) is 21.1. The normalized spacial score (nSPS) is 17.8. The van der Waals surface area contributed by atoms with Crippen molar-refractivity contribution in [3.63, 3.8) is 0 Å². The van der Waals surface area contributed by atoms with Crippen LogP contribution in [0.5, 0.6) is 17.2 Å². The average Bonchev–Trinajstić information content (AvgIpc) is 2.73. The van der Waals surface area contributed by atoms with Gasteiger partial charge in [0.25, 0.3) is 0 Å². The highest BCUT2D eigenvalue weighted by Gasteiger charge is 2.40. The van der Waals surface area contributed by atoms with E-state index in [4.69, 9.17) is 14.2 Å². The van der Waals surface area contributed by atoms with Gasteiger partial charge in [-0.2, -0.15) is 4.31 Å². The molecule has 3 rings (SSSR count). The molecule has 8 heteroatoms. The van der Waals surface area contributed by atoms with Gasteiger partial charge >= 0.3 is 0 Å². The number of piperidine rings is 1. The molecule has 1 aliphatic heterocycles. The molecule has 2 aromatic carbocycles. The smallest absolute Gasteiger partial charge is 0.244 e. The van der Waals surface area contributed by atoms with Crippen molar-refractivity contribution in [3.05, 3.63) is 47.5 Å². The molecule has 2 aromatic rings. The third kappa shape index (κ3) is 4.09. The fourth-order valence-electron chi connectivity index (χ4n) is 3.55. The number of benzene rings is 2. The lowest BCUT2D eigenvalue weighted by Crippen LogP contribution is -2.42. The summed E-state index contributed by atoms with van der Waals surface area (Å²) < 4.78 is 44.4. The number of Topliss-reactive ketones (excluding diaryl/α,β-unsaturated/α-hetero) is 1. The number of methoxy groups -OCH3 is 3. The molecule has 156 valence electrons. The Kier molecular flexibility index (Phi) is 6.14. The fourth-order valence-corrected chi connectivity index (χ4v) is 5.16. The van der Waals surface area contributed by atoms with E-state index in [-0.39, 0.29) is 23.6 Å². The zero-order valence-electron chi connectivity index (χ0n) is 17.0. The minimum Gasteiger partial charge on any atom is -0.496 e. The summed E-state index contributed by atoms with van der Waals surface area (Å²) in [5, 5.41) is 0. The number of carbonyl (C=O) groups excluding carboxylic acids is 1. The summed E-state index contributed by atoms with van der Waals surface area (Å²) in [5.74, 6) is 1.31. The molecule has 1 aliphatic rings. The first-order valence-corrected chi connectivity index (χ1v) is 10.7. The van der Waals surface area contributed by atoms with Crippen molar-refractivity contribution in [2.24, 2.45) is 0 Å². The van der Waals surface area contributed by atoms with Gasteiger partial charge in [-0.25, -0.2) is 8.42 Å². The van der Waals surface area contributed by atoms with Crippen molar-refractivity contribution >= 4 is 15.8 Å². The highest BCUT2D eigenvalue weighted by Crippen LogP contribution is 2.45. The van der Waals surface area contributed by atoms with E-state index in [0.29, 0.717) is 29.2 Å². The third-order valence-electron chi connectivity index (χ3n) is 5.09. The Morgan fingerprint density at radius 1 is 0.966 bits per heavy atom. The number of nitrogens with zero attached hydrogens (tertiary/aromatic N) is 1. The molecule has 1 atom stereocenters. The van der Waals surface area contributed by atoms with Gasteiger partial charge in [-0.1, -0.05) is 17.7 Å². The Hall–Kier alpha value is -2.58. The van der Waals surface area contributed by atoms with Crippen molar-refractivity contribution in [1.82, 2.24) is 4.31 Å². The monoisotopic (exact) mass is 419 g/mol. The molecule has 0 amide bonds. The summed E-state index contributed by atoms with van der Waals surface area (Å²) in [6, 6.07) is 9.36. The summed E-state index contributed by atoms with van der Waals surface area (Å²) in [5.41, 5.74) is 1.53. The maximum atomic E-state index is 13.4. The molecule has 0 N–H and O–H groups in total. The first-order chi connectivity index (χ1) is 13.8. The quantitative estimate of drug-likeness (QED) is 0.716. The Labute approximate surface area is 171 Å². The predicted octanol–water partition coefficient (Wildman–Crippen LogP) is 3.12. The summed E-state index contributed by atoms with van der Waals surface area (Å²) in [6.45, 7) is 1.69. The first-order valence-electron chi connectivity index (χ1n) is 9.22. The summed E-state index contributed by atoms with van der Waals surface area (Å²) in [4.78, 5) is 12.4. The number of rotatable bonds is 6. The van der Waals surface area contributed by atoms with Gasteiger partial charge in [-0.05, 0) is 25.5 Å². The van der Waals surface area contributed by atoms with Crippen LogP contribution in [0, 0.1) is 6.92 Å². The van der Waals surface area contributed by atoms with Crippen LogP contribution in [0.2, 0.25) is 0 Å². The maximum Gasteiger partial charge on any atom is 0.244 e. The number of ether oxygens (including phenoxy) is 3. The zero-order valence-corrected chi connectivity index (χ0v) is 17.8. The maximum absolute atomic E-state index is 13.4. The van der Waals surface area contributed by atoms with E-state index >= 15 is 0 Å². The zero-order chi connectivity index (χ0) is 21.2. The lowest BCUT2D eigenvalue weighted by molar-refractivity contribution is -0.121. The van der Waals surface area contributed by atoms with Gasteiger partial charge in [0.05, 0.1) is 44.4 Å². The van der Waals surface area contributed by atoms with E-state index in [1.54, 1.807) is 36.4 Å².